The predicted octanol–water partition coefficient (Wildman–Crippen LogP) is 6.28. The molecule has 2 aromatic rings. The first-order chi connectivity index (χ1) is 12.2. The van der Waals surface area contributed by atoms with Crippen molar-refractivity contribution in [3.8, 4) is 6.07 Å². The molecule has 1 heterocycles. The Kier molecular flexibility index (Phi) is 4.77. The van der Waals surface area contributed by atoms with Gasteiger partial charge in [-0.1, -0.05) is 34.1 Å². The fourth-order valence-corrected chi connectivity index (χ4v) is 3.53. The topological polar surface area (TPSA) is 27.0 Å². The number of rotatable bonds is 2. The van der Waals surface area contributed by atoms with Crippen molar-refractivity contribution >= 4 is 38.8 Å². The van der Waals surface area contributed by atoms with Crippen molar-refractivity contribution in [1.82, 2.24) is 0 Å². The highest BCUT2D eigenvalue weighted by Gasteiger charge is 2.29. The highest BCUT2D eigenvalue weighted by molar-refractivity contribution is 9.10. The van der Waals surface area contributed by atoms with E-state index in [2.05, 4.69) is 46.8 Å². The van der Waals surface area contributed by atoms with Crippen LogP contribution in [0.25, 0.3) is 17.2 Å². The van der Waals surface area contributed by atoms with Gasteiger partial charge in [0.05, 0.1) is 17.2 Å². The zero-order chi connectivity index (χ0) is 19.1. The molecule has 3 rings (SSSR count). The summed E-state index contributed by atoms with van der Waals surface area (Å²) < 4.78 is 15.7. The van der Waals surface area contributed by atoms with Gasteiger partial charge in [0.25, 0.3) is 0 Å². The Hall–Kier alpha value is -2.38. The van der Waals surface area contributed by atoms with Gasteiger partial charge in [0.15, 0.2) is 0 Å². The normalized spacial score (nSPS) is 16.0. The summed E-state index contributed by atoms with van der Waals surface area (Å²) in [7, 11) is 1.97. The summed E-state index contributed by atoms with van der Waals surface area (Å²) in [6.45, 7) is 6.25. The summed E-state index contributed by atoms with van der Waals surface area (Å²) in [4.78, 5) is 2.08. The highest BCUT2D eigenvalue weighted by atomic mass is 79.9. The molecule has 0 spiro atoms. The minimum absolute atomic E-state index is 0.171. The second-order valence-corrected chi connectivity index (χ2v) is 8.02. The van der Waals surface area contributed by atoms with Crippen molar-refractivity contribution in [2.75, 3.05) is 11.9 Å². The second-order valence-electron chi connectivity index (χ2n) is 7.11. The minimum atomic E-state index is -0.328. The first-order valence-electron chi connectivity index (χ1n) is 8.38. The van der Waals surface area contributed by atoms with Crippen molar-refractivity contribution in [1.29, 1.82) is 5.26 Å². The van der Waals surface area contributed by atoms with Crippen LogP contribution in [0.5, 0.6) is 0 Å². The van der Waals surface area contributed by atoms with Crippen LogP contribution in [0.2, 0.25) is 0 Å². The molecule has 0 amide bonds. The molecule has 1 aliphatic heterocycles. The van der Waals surface area contributed by atoms with Crippen LogP contribution in [-0.4, -0.2) is 12.6 Å². The highest BCUT2D eigenvalue weighted by Crippen LogP contribution is 2.39. The molecular formula is C22H20BrFN2. The molecule has 132 valence electrons. The Labute approximate surface area is 162 Å². The zero-order valence-electron chi connectivity index (χ0n) is 15.3. The number of benzene rings is 2. The van der Waals surface area contributed by atoms with Gasteiger partial charge in [-0.2, -0.15) is 5.26 Å². The van der Waals surface area contributed by atoms with E-state index in [1.165, 1.54) is 0 Å². The zero-order valence-corrected chi connectivity index (χ0v) is 16.9. The Balaban J connectivity index is 2.12. The quantitative estimate of drug-likeness (QED) is 0.429. The second kappa shape index (κ2) is 6.74. The summed E-state index contributed by atoms with van der Waals surface area (Å²) in [5.41, 5.74) is 4.42. The summed E-state index contributed by atoms with van der Waals surface area (Å²) in [6.07, 6.45) is 3.80. The molecule has 0 unspecified atom stereocenters. The predicted molar refractivity (Wildman–Crippen MR) is 110 cm³/mol. The lowest BCUT2D eigenvalue weighted by atomic mass is 9.88. The number of fused-ring (bicyclic) bond motifs is 1. The van der Waals surface area contributed by atoms with Crippen molar-refractivity contribution in [3.63, 3.8) is 0 Å². The van der Waals surface area contributed by atoms with E-state index >= 15 is 0 Å². The maximum absolute atomic E-state index is 14.8. The summed E-state index contributed by atoms with van der Waals surface area (Å²) in [5.74, 6) is -0.328. The molecule has 0 saturated carbocycles. The lowest BCUT2D eigenvalue weighted by molar-refractivity contribution is 0.588. The number of likely N-dealkylation sites (N-methyl/N-ethyl adjacent to an activating group) is 1. The number of hydrogen-bond donors (Lipinski definition) is 0. The Morgan fingerprint density at radius 1 is 1.23 bits per heavy atom. The van der Waals surface area contributed by atoms with E-state index in [0.29, 0.717) is 11.1 Å². The van der Waals surface area contributed by atoms with Crippen LogP contribution >= 0.6 is 15.9 Å². The Bertz CT molecular complexity index is 963. The molecular weight excluding hydrogens is 391 g/mol. The van der Waals surface area contributed by atoms with Gasteiger partial charge in [-0.05, 0) is 62.2 Å². The van der Waals surface area contributed by atoms with E-state index in [1.807, 2.05) is 44.3 Å². The third-order valence-corrected chi connectivity index (χ3v) is 5.44. The fraction of sp³-hybridized carbons (Fsp3) is 0.227. The average molecular weight is 411 g/mol. The summed E-state index contributed by atoms with van der Waals surface area (Å²) >= 11 is 3.38. The van der Waals surface area contributed by atoms with Crippen molar-refractivity contribution < 1.29 is 4.39 Å². The van der Waals surface area contributed by atoms with Gasteiger partial charge in [-0.3, -0.25) is 0 Å². The van der Waals surface area contributed by atoms with Crippen LogP contribution in [0.3, 0.4) is 0 Å². The van der Waals surface area contributed by atoms with Gasteiger partial charge >= 0.3 is 0 Å². The molecule has 2 nitrogen and oxygen atoms in total. The maximum Gasteiger partial charge on any atom is 0.132 e. The average Bonchev–Trinajstić information content (AvgIpc) is 2.59. The number of halogens is 2. The molecule has 0 radical (unpaired) electrons. The molecule has 0 aliphatic carbocycles. The maximum atomic E-state index is 14.8. The Morgan fingerprint density at radius 2 is 1.88 bits per heavy atom. The van der Waals surface area contributed by atoms with Crippen LogP contribution in [0.15, 0.2) is 46.9 Å². The van der Waals surface area contributed by atoms with Gasteiger partial charge in [0.2, 0.25) is 0 Å². The largest absolute Gasteiger partial charge is 0.365 e. The molecule has 0 fully saturated rings. The monoisotopic (exact) mass is 410 g/mol. The van der Waals surface area contributed by atoms with Crippen LogP contribution in [0, 0.1) is 17.1 Å². The van der Waals surface area contributed by atoms with Crippen LogP contribution in [-0.2, 0) is 0 Å². The van der Waals surface area contributed by atoms with E-state index in [9.17, 15) is 9.65 Å². The number of nitrogens with zero attached hydrogens (tertiary/aromatic N) is 2. The summed E-state index contributed by atoms with van der Waals surface area (Å²) in [5, 5.41) is 9.53. The molecule has 0 N–H and O–H groups in total. The third-order valence-electron chi connectivity index (χ3n) is 4.91. The minimum Gasteiger partial charge on any atom is -0.365 e. The van der Waals surface area contributed by atoms with Gasteiger partial charge in [-0.15, -0.1) is 0 Å². The molecule has 4 heteroatoms. The van der Waals surface area contributed by atoms with E-state index in [-0.39, 0.29) is 11.4 Å². The van der Waals surface area contributed by atoms with E-state index in [1.54, 1.807) is 12.1 Å². The molecule has 0 aromatic heterocycles. The van der Waals surface area contributed by atoms with Gasteiger partial charge in [0, 0.05) is 28.3 Å². The fourth-order valence-electron chi connectivity index (χ4n) is 3.26. The van der Waals surface area contributed by atoms with Crippen molar-refractivity contribution in [3.05, 3.63) is 69.5 Å². The van der Waals surface area contributed by atoms with Crippen LogP contribution < -0.4 is 4.90 Å². The molecule has 2 aromatic carbocycles. The van der Waals surface area contributed by atoms with Gasteiger partial charge < -0.3 is 4.90 Å². The van der Waals surface area contributed by atoms with Gasteiger partial charge in [-0.25, -0.2) is 4.39 Å². The van der Waals surface area contributed by atoms with Gasteiger partial charge in [0.1, 0.15) is 5.82 Å². The van der Waals surface area contributed by atoms with Crippen LogP contribution in [0.4, 0.5) is 10.1 Å². The van der Waals surface area contributed by atoms with E-state index in [0.717, 1.165) is 26.9 Å². The lowest BCUT2D eigenvalue weighted by Gasteiger charge is -2.40. The SMILES string of the molecule is CC1=CC(C)(C)N(C)c2cc(F)c(/C=C(\C#N)c3ccc(Br)cc3)cc21. The standard InChI is InChI=1S/C22H20BrFN2/c1-14-12-22(2,3)26(4)21-11-20(24)16(10-19(14)21)9-17(13-25)15-5-7-18(23)8-6-15/h5-12H,1-4H3/b17-9+. The number of anilines is 1. The first kappa shape index (κ1) is 18.4. The van der Waals surface area contributed by atoms with Crippen molar-refractivity contribution in [2.45, 2.75) is 26.3 Å². The molecule has 0 saturated heterocycles. The first-order valence-corrected chi connectivity index (χ1v) is 9.17. The summed E-state index contributed by atoms with van der Waals surface area (Å²) in [6, 6.07) is 13.0. The number of allylic oxidation sites excluding steroid dienone is 2. The number of nitriles is 1. The molecule has 0 bridgehead atoms. The van der Waals surface area contributed by atoms with Crippen LogP contribution in [0.1, 0.15) is 37.5 Å². The van der Waals surface area contributed by atoms with Crippen molar-refractivity contribution in [2.24, 2.45) is 0 Å². The molecule has 0 atom stereocenters. The Morgan fingerprint density at radius 3 is 2.50 bits per heavy atom. The molecule has 26 heavy (non-hydrogen) atoms. The smallest absolute Gasteiger partial charge is 0.132 e. The van der Waals surface area contributed by atoms with E-state index < -0.39 is 0 Å². The molecule has 1 aliphatic rings. The lowest BCUT2D eigenvalue weighted by Crippen LogP contribution is -2.42. The third kappa shape index (κ3) is 3.32. The van der Waals surface area contributed by atoms with E-state index in [4.69, 9.17) is 0 Å². The number of hydrogen-bond acceptors (Lipinski definition) is 2.